The Hall–Kier alpha value is -1.17. The van der Waals surface area contributed by atoms with Crippen LogP contribution in [0.1, 0.15) is 39.4 Å². The number of hydrogen-bond donors (Lipinski definition) is 2. The van der Waals surface area contributed by atoms with Crippen LogP contribution in [0.15, 0.2) is 0 Å². The minimum Gasteiger partial charge on any atom is -0.360 e. The summed E-state index contributed by atoms with van der Waals surface area (Å²) in [4.78, 5) is 15.7. The molecule has 0 aromatic carbocycles. The summed E-state index contributed by atoms with van der Waals surface area (Å²) in [5, 5.41) is 6.82. The summed E-state index contributed by atoms with van der Waals surface area (Å²) in [5.74, 6) is 0.925. The first kappa shape index (κ1) is 13.9. The molecule has 0 saturated heterocycles. The molecule has 0 aliphatic heterocycles. The van der Waals surface area contributed by atoms with Crippen molar-refractivity contribution in [1.29, 1.82) is 0 Å². The molecule has 5 nitrogen and oxygen atoms in total. The fraction of sp³-hybridized carbons (Fsp3) is 0.727. The predicted molar refractivity (Wildman–Crippen MR) is 70.3 cm³/mol. The molecule has 1 amide bonds. The molecular weight excluding hydrogens is 236 g/mol. The van der Waals surface area contributed by atoms with Gasteiger partial charge in [-0.15, -0.1) is 0 Å². The van der Waals surface area contributed by atoms with Gasteiger partial charge in [0.15, 0.2) is 0 Å². The SMILES string of the molecule is CCc1nsc(NCCC(=O)NC(C)CC)n1. The second-order valence-corrected chi connectivity index (χ2v) is 4.67. The maximum atomic E-state index is 11.5. The predicted octanol–water partition coefficient (Wildman–Crippen LogP) is 1.82. The standard InChI is InChI=1S/C11H20N4OS/c1-4-8(3)13-10(16)6-7-12-11-14-9(5-2)15-17-11/h8H,4-7H2,1-3H3,(H,13,16)(H,12,14,15). The molecule has 1 unspecified atom stereocenters. The molecule has 0 aliphatic rings. The van der Waals surface area contributed by atoms with Crippen molar-refractivity contribution in [2.24, 2.45) is 0 Å². The summed E-state index contributed by atoms with van der Waals surface area (Å²) in [6, 6.07) is 0.246. The lowest BCUT2D eigenvalue weighted by molar-refractivity contribution is -0.121. The van der Waals surface area contributed by atoms with Crippen LogP contribution < -0.4 is 10.6 Å². The van der Waals surface area contributed by atoms with E-state index in [0.717, 1.165) is 23.8 Å². The highest BCUT2D eigenvalue weighted by atomic mass is 32.1. The zero-order chi connectivity index (χ0) is 12.7. The average Bonchev–Trinajstić information content (AvgIpc) is 2.76. The first-order chi connectivity index (χ1) is 8.15. The van der Waals surface area contributed by atoms with Gasteiger partial charge < -0.3 is 10.6 Å². The van der Waals surface area contributed by atoms with Crippen molar-refractivity contribution in [3.63, 3.8) is 0 Å². The van der Waals surface area contributed by atoms with Gasteiger partial charge in [0, 0.05) is 37.0 Å². The largest absolute Gasteiger partial charge is 0.360 e. The Labute approximate surface area is 106 Å². The summed E-state index contributed by atoms with van der Waals surface area (Å²) in [5.41, 5.74) is 0. The van der Waals surface area contributed by atoms with Crippen molar-refractivity contribution in [2.75, 3.05) is 11.9 Å². The van der Waals surface area contributed by atoms with Crippen LogP contribution in [0.2, 0.25) is 0 Å². The zero-order valence-electron chi connectivity index (χ0n) is 10.6. The number of nitrogens with zero attached hydrogens (tertiary/aromatic N) is 2. The van der Waals surface area contributed by atoms with Gasteiger partial charge in [0.25, 0.3) is 0 Å². The normalized spacial score (nSPS) is 12.2. The van der Waals surface area contributed by atoms with Crippen molar-refractivity contribution in [1.82, 2.24) is 14.7 Å². The first-order valence-corrected chi connectivity index (χ1v) is 6.78. The molecule has 1 rings (SSSR count). The lowest BCUT2D eigenvalue weighted by Gasteiger charge is -2.11. The Morgan fingerprint density at radius 1 is 1.47 bits per heavy atom. The lowest BCUT2D eigenvalue weighted by Crippen LogP contribution is -2.32. The number of rotatable bonds is 7. The Kier molecular flexibility index (Phi) is 5.90. The summed E-state index contributed by atoms with van der Waals surface area (Å²) >= 11 is 1.34. The molecule has 96 valence electrons. The third-order valence-electron chi connectivity index (χ3n) is 2.43. The average molecular weight is 256 g/mol. The number of amides is 1. The van der Waals surface area contributed by atoms with Gasteiger partial charge in [-0.25, -0.2) is 4.98 Å². The molecule has 1 heterocycles. The molecule has 0 spiro atoms. The molecule has 1 aromatic heterocycles. The molecule has 2 N–H and O–H groups in total. The third kappa shape index (κ3) is 5.12. The lowest BCUT2D eigenvalue weighted by atomic mass is 10.2. The molecule has 0 aliphatic carbocycles. The van der Waals surface area contributed by atoms with Crippen molar-refractivity contribution in [2.45, 2.75) is 46.1 Å². The molecular formula is C11H20N4OS. The number of hydrogen-bond acceptors (Lipinski definition) is 5. The number of nitrogens with one attached hydrogen (secondary N) is 2. The van der Waals surface area contributed by atoms with E-state index < -0.39 is 0 Å². The molecule has 17 heavy (non-hydrogen) atoms. The van der Waals surface area contributed by atoms with Gasteiger partial charge in [-0.3, -0.25) is 4.79 Å². The van der Waals surface area contributed by atoms with Crippen LogP contribution in [0.5, 0.6) is 0 Å². The maximum Gasteiger partial charge on any atom is 0.221 e. The van der Waals surface area contributed by atoms with Crippen molar-refractivity contribution in [3.8, 4) is 0 Å². The summed E-state index contributed by atoms with van der Waals surface area (Å²) in [6.45, 7) is 6.67. The number of aryl methyl sites for hydroxylation is 1. The van der Waals surface area contributed by atoms with Crippen LogP contribution >= 0.6 is 11.5 Å². The summed E-state index contributed by atoms with van der Waals surface area (Å²) in [6.07, 6.45) is 2.26. The Morgan fingerprint density at radius 3 is 2.82 bits per heavy atom. The highest BCUT2D eigenvalue weighted by Crippen LogP contribution is 2.10. The van der Waals surface area contributed by atoms with Gasteiger partial charge in [0.2, 0.25) is 11.0 Å². The van der Waals surface area contributed by atoms with E-state index in [0.29, 0.717) is 13.0 Å². The quantitative estimate of drug-likeness (QED) is 0.781. The molecule has 0 radical (unpaired) electrons. The third-order valence-corrected chi connectivity index (χ3v) is 3.14. The number of aromatic nitrogens is 2. The van der Waals surface area contributed by atoms with Gasteiger partial charge in [-0.1, -0.05) is 13.8 Å². The van der Waals surface area contributed by atoms with Crippen LogP contribution in [-0.2, 0) is 11.2 Å². The minimum absolute atomic E-state index is 0.0760. The molecule has 0 bridgehead atoms. The minimum atomic E-state index is 0.0760. The summed E-state index contributed by atoms with van der Waals surface area (Å²) < 4.78 is 4.16. The van der Waals surface area contributed by atoms with Crippen LogP contribution in [0, 0.1) is 0 Å². The van der Waals surface area contributed by atoms with E-state index in [2.05, 4.69) is 26.9 Å². The number of anilines is 1. The second kappa shape index (κ2) is 7.21. The van der Waals surface area contributed by atoms with E-state index in [1.165, 1.54) is 11.5 Å². The van der Waals surface area contributed by atoms with Crippen molar-refractivity contribution >= 4 is 22.6 Å². The van der Waals surface area contributed by atoms with Crippen molar-refractivity contribution < 1.29 is 4.79 Å². The van der Waals surface area contributed by atoms with E-state index in [4.69, 9.17) is 0 Å². The fourth-order valence-corrected chi connectivity index (χ4v) is 1.88. The molecule has 0 saturated carbocycles. The monoisotopic (exact) mass is 256 g/mol. The fourth-order valence-electron chi connectivity index (χ4n) is 1.20. The van der Waals surface area contributed by atoms with Crippen molar-refractivity contribution in [3.05, 3.63) is 5.82 Å². The van der Waals surface area contributed by atoms with E-state index in [9.17, 15) is 4.79 Å². The van der Waals surface area contributed by atoms with Crippen LogP contribution in [0.3, 0.4) is 0 Å². The second-order valence-electron chi connectivity index (χ2n) is 3.92. The van der Waals surface area contributed by atoms with Gasteiger partial charge in [-0.2, -0.15) is 4.37 Å². The Morgan fingerprint density at radius 2 is 2.24 bits per heavy atom. The smallest absolute Gasteiger partial charge is 0.221 e. The van der Waals surface area contributed by atoms with E-state index >= 15 is 0 Å². The molecule has 1 atom stereocenters. The molecule has 1 aromatic rings. The topological polar surface area (TPSA) is 66.9 Å². The Bertz CT molecular complexity index is 353. The Balaban J connectivity index is 2.21. The van der Waals surface area contributed by atoms with Gasteiger partial charge >= 0.3 is 0 Å². The number of carbonyl (C=O) groups excluding carboxylic acids is 1. The molecule has 6 heteroatoms. The van der Waals surface area contributed by atoms with Gasteiger partial charge in [0.1, 0.15) is 5.82 Å². The first-order valence-electron chi connectivity index (χ1n) is 6.01. The van der Waals surface area contributed by atoms with E-state index in [1.807, 2.05) is 13.8 Å². The van der Waals surface area contributed by atoms with Gasteiger partial charge in [0.05, 0.1) is 0 Å². The maximum absolute atomic E-state index is 11.5. The van der Waals surface area contributed by atoms with Crippen LogP contribution in [-0.4, -0.2) is 27.9 Å². The zero-order valence-corrected chi connectivity index (χ0v) is 11.4. The number of carbonyl (C=O) groups is 1. The van der Waals surface area contributed by atoms with E-state index in [-0.39, 0.29) is 11.9 Å². The van der Waals surface area contributed by atoms with E-state index in [1.54, 1.807) is 0 Å². The highest BCUT2D eigenvalue weighted by Gasteiger charge is 2.06. The summed E-state index contributed by atoms with van der Waals surface area (Å²) in [7, 11) is 0. The van der Waals surface area contributed by atoms with Crippen LogP contribution in [0.4, 0.5) is 5.13 Å². The highest BCUT2D eigenvalue weighted by molar-refractivity contribution is 7.09. The van der Waals surface area contributed by atoms with Crippen LogP contribution in [0.25, 0.3) is 0 Å². The van der Waals surface area contributed by atoms with Gasteiger partial charge in [-0.05, 0) is 13.3 Å². The molecule has 0 fully saturated rings.